The van der Waals surface area contributed by atoms with Crippen LogP contribution in [-0.2, 0) is 9.63 Å². The normalized spacial score (nSPS) is 27.3. The minimum absolute atomic E-state index is 0.0260. The molecule has 3 aliphatic rings. The van der Waals surface area contributed by atoms with Crippen molar-refractivity contribution in [2.75, 3.05) is 0 Å². The van der Waals surface area contributed by atoms with Gasteiger partial charge in [-0.2, -0.15) is 0 Å². The molecule has 0 aromatic heterocycles. The summed E-state index contributed by atoms with van der Waals surface area (Å²) in [6.45, 7) is 0. The Morgan fingerprint density at radius 1 is 1.28 bits per heavy atom. The van der Waals surface area contributed by atoms with Crippen LogP contribution in [0, 0.1) is 0 Å². The lowest BCUT2D eigenvalue weighted by Gasteiger charge is -2.40. The minimum Gasteiger partial charge on any atom is -0.378 e. The molecular formula is C14H15NO3. The first-order valence-corrected chi connectivity index (χ1v) is 6.17. The SMILES string of the molecule is O=C(C(O)c1ccccc1)N1OC2C=CC1CC2. The summed E-state index contributed by atoms with van der Waals surface area (Å²) in [5, 5.41) is 11.4. The monoisotopic (exact) mass is 245 g/mol. The third-order valence-corrected chi connectivity index (χ3v) is 3.41. The van der Waals surface area contributed by atoms with Crippen LogP contribution in [0.3, 0.4) is 0 Å². The fourth-order valence-corrected chi connectivity index (χ4v) is 2.40. The van der Waals surface area contributed by atoms with Gasteiger partial charge in [-0.15, -0.1) is 0 Å². The number of rotatable bonds is 2. The summed E-state index contributed by atoms with van der Waals surface area (Å²) in [7, 11) is 0. The maximum atomic E-state index is 12.2. The Bertz CT molecular complexity index is 471. The molecular weight excluding hydrogens is 230 g/mol. The molecule has 1 N–H and O–H groups in total. The lowest BCUT2D eigenvalue weighted by Crippen LogP contribution is -2.50. The molecule has 1 aromatic rings. The summed E-state index contributed by atoms with van der Waals surface area (Å²) < 4.78 is 0. The summed E-state index contributed by atoms with van der Waals surface area (Å²) in [6.07, 6.45) is 4.61. The predicted molar refractivity (Wildman–Crippen MR) is 65.3 cm³/mol. The average molecular weight is 245 g/mol. The van der Waals surface area contributed by atoms with Gasteiger partial charge in [0.25, 0.3) is 5.91 Å². The van der Waals surface area contributed by atoms with Gasteiger partial charge >= 0.3 is 0 Å². The van der Waals surface area contributed by atoms with E-state index < -0.39 is 6.10 Å². The van der Waals surface area contributed by atoms with E-state index in [1.165, 1.54) is 5.06 Å². The van der Waals surface area contributed by atoms with Gasteiger partial charge in [0.05, 0.1) is 6.04 Å². The number of amides is 1. The first-order valence-electron chi connectivity index (χ1n) is 6.17. The van der Waals surface area contributed by atoms with Crippen molar-refractivity contribution in [1.29, 1.82) is 0 Å². The molecule has 1 fully saturated rings. The van der Waals surface area contributed by atoms with Crippen molar-refractivity contribution in [3.8, 4) is 0 Å². The van der Waals surface area contributed by atoms with E-state index in [0.717, 1.165) is 12.8 Å². The Morgan fingerprint density at radius 3 is 2.61 bits per heavy atom. The highest BCUT2D eigenvalue weighted by Gasteiger charge is 2.37. The van der Waals surface area contributed by atoms with Gasteiger partial charge in [0, 0.05) is 0 Å². The zero-order valence-electron chi connectivity index (χ0n) is 9.90. The largest absolute Gasteiger partial charge is 0.378 e. The van der Waals surface area contributed by atoms with E-state index in [0.29, 0.717) is 5.56 Å². The first-order chi connectivity index (χ1) is 8.75. The third-order valence-electron chi connectivity index (χ3n) is 3.41. The summed E-state index contributed by atoms with van der Waals surface area (Å²) in [6, 6.07) is 8.88. The Morgan fingerprint density at radius 2 is 2.06 bits per heavy atom. The Hall–Kier alpha value is -1.65. The fourth-order valence-electron chi connectivity index (χ4n) is 2.40. The average Bonchev–Trinajstić information content (AvgIpc) is 2.48. The van der Waals surface area contributed by atoms with Crippen LogP contribution in [-0.4, -0.2) is 28.2 Å². The Kier molecular flexibility index (Phi) is 2.89. The van der Waals surface area contributed by atoms with Gasteiger partial charge in [0.15, 0.2) is 6.10 Å². The summed E-state index contributed by atoms with van der Waals surface area (Å²) in [5.41, 5.74) is 0.594. The van der Waals surface area contributed by atoms with Crippen LogP contribution in [0.15, 0.2) is 42.5 Å². The summed E-state index contributed by atoms with van der Waals surface area (Å²) in [4.78, 5) is 17.7. The van der Waals surface area contributed by atoms with E-state index in [1.807, 2.05) is 18.2 Å². The smallest absolute Gasteiger partial charge is 0.280 e. The number of carbonyl (C=O) groups excluding carboxylic acids is 1. The molecule has 3 atom stereocenters. The standard InChI is InChI=1S/C14H15NO3/c16-13(10-4-2-1-3-5-10)14(17)15-11-6-8-12(18-15)9-7-11/h1-6,8,11-13,16H,7,9H2. The molecule has 2 aliphatic heterocycles. The number of hydrogen-bond acceptors (Lipinski definition) is 3. The van der Waals surface area contributed by atoms with Gasteiger partial charge in [-0.3, -0.25) is 9.63 Å². The van der Waals surface area contributed by atoms with Gasteiger partial charge < -0.3 is 5.11 Å². The highest BCUT2D eigenvalue weighted by Crippen LogP contribution is 2.29. The van der Waals surface area contributed by atoms with Crippen molar-refractivity contribution >= 4 is 5.91 Å². The molecule has 94 valence electrons. The Balaban J connectivity index is 1.77. The number of benzene rings is 1. The molecule has 1 amide bonds. The molecule has 3 unspecified atom stereocenters. The van der Waals surface area contributed by atoms with Crippen LogP contribution in [0.5, 0.6) is 0 Å². The van der Waals surface area contributed by atoms with Gasteiger partial charge in [-0.1, -0.05) is 42.5 Å². The van der Waals surface area contributed by atoms with Gasteiger partial charge in [-0.05, 0) is 18.4 Å². The molecule has 2 heterocycles. The van der Waals surface area contributed by atoms with Crippen LogP contribution in [0.2, 0.25) is 0 Å². The predicted octanol–water partition coefficient (Wildman–Crippen LogP) is 1.58. The van der Waals surface area contributed by atoms with Crippen molar-refractivity contribution < 1.29 is 14.7 Å². The topological polar surface area (TPSA) is 49.8 Å². The molecule has 18 heavy (non-hydrogen) atoms. The lowest BCUT2D eigenvalue weighted by atomic mass is 9.97. The van der Waals surface area contributed by atoms with Crippen LogP contribution >= 0.6 is 0 Å². The number of hydrogen-bond donors (Lipinski definition) is 1. The van der Waals surface area contributed by atoms with Gasteiger partial charge in [0.2, 0.25) is 0 Å². The van der Waals surface area contributed by atoms with Crippen molar-refractivity contribution in [3.63, 3.8) is 0 Å². The van der Waals surface area contributed by atoms with Crippen LogP contribution in [0.1, 0.15) is 24.5 Å². The van der Waals surface area contributed by atoms with E-state index in [-0.39, 0.29) is 18.1 Å². The molecule has 1 aromatic carbocycles. The van der Waals surface area contributed by atoms with E-state index in [1.54, 1.807) is 24.3 Å². The van der Waals surface area contributed by atoms with Crippen LogP contribution in [0.4, 0.5) is 0 Å². The second kappa shape index (κ2) is 4.55. The summed E-state index contributed by atoms with van der Waals surface area (Å²) >= 11 is 0. The highest BCUT2D eigenvalue weighted by molar-refractivity contribution is 5.81. The maximum Gasteiger partial charge on any atom is 0.280 e. The van der Waals surface area contributed by atoms with Crippen molar-refractivity contribution in [3.05, 3.63) is 48.0 Å². The van der Waals surface area contributed by atoms with Gasteiger partial charge in [-0.25, -0.2) is 5.06 Å². The van der Waals surface area contributed by atoms with Crippen molar-refractivity contribution in [1.82, 2.24) is 5.06 Å². The number of hydroxylamine groups is 2. The maximum absolute atomic E-state index is 12.2. The fraction of sp³-hybridized carbons (Fsp3) is 0.357. The highest BCUT2D eigenvalue weighted by atomic mass is 16.7. The molecule has 0 radical (unpaired) electrons. The third kappa shape index (κ3) is 1.94. The van der Waals surface area contributed by atoms with Crippen molar-refractivity contribution in [2.45, 2.75) is 31.1 Å². The first kappa shape index (κ1) is 11.4. The molecule has 4 rings (SSSR count). The number of fused-ring (bicyclic) bond motifs is 2. The molecule has 4 nitrogen and oxygen atoms in total. The number of aliphatic hydroxyl groups is 1. The van der Waals surface area contributed by atoms with Gasteiger partial charge in [0.1, 0.15) is 6.10 Å². The zero-order valence-corrected chi connectivity index (χ0v) is 9.90. The quantitative estimate of drug-likeness (QED) is 0.805. The van der Waals surface area contributed by atoms with E-state index >= 15 is 0 Å². The Labute approximate surface area is 105 Å². The lowest BCUT2D eigenvalue weighted by molar-refractivity contribution is -0.236. The van der Waals surface area contributed by atoms with Crippen molar-refractivity contribution in [2.24, 2.45) is 0 Å². The van der Waals surface area contributed by atoms with Crippen LogP contribution in [0.25, 0.3) is 0 Å². The number of nitrogens with zero attached hydrogens (tertiary/aromatic N) is 1. The minimum atomic E-state index is -1.15. The van der Waals surface area contributed by atoms with E-state index in [9.17, 15) is 9.90 Å². The zero-order chi connectivity index (χ0) is 12.5. The van der Waals surface area contributed by atoms with Crippen LogP contribution < -0.4 is 0 Å². The molecule has 1 saturated heterocycles. The summed E-state index contributed by atoms with van der Waals surface area (Å²) in [5.74, 6) is -0.389. The number of carbonyl (C=O) groups is 1. The second-order valence-electron chi connectivity index (χ2n) is 4.65. The van der Waals surface area contributed by atoms with E-state index in [2.05, 4.69) is 0 Å². The molecule has 2 bridgehead atoms. The molecule has 1 aliphatic carbocycles. The second-order valence-corrected chi connectivity index (χ2v) is 4.65. The molecule has 0 saturated carbocycles. The molecule has 0 spiro atoms. The number of aliphatic hydroxyl groups excluding tert-OH is 1. The van der Waals surface area contributed by atoms with E-state index in [4.69, 9.17) is 4.84 Å². The molecule has 4 heteroatoms.